The zero-order chi connectivity index (χ0) is 10.6. The SMILES string of the molecule is NC(=O)C1(C(=O)NCO)CCCCC1. The third-order valence-corrected chi connectivity index (χ3v) is 2.85. The predicted octanol–water partition coefficient (Wildman–Crippen LogP) is -0.512. The molecule has 0 aromatic rings. The van der Waals surface area contributed by atoms with Gasteiger partial charge in [-0.05, 0) is 12.8 Å². The lowest BCUT2D eigenvalue weighted by Crippen LogP contribution is -2.50. The van der Waals surface area contributed by atoms with E-state index in [-0.39, 0.29) is 0 Å². The molecule has 1 aliphatic rings. The van der Waals surface area contributed by atoms with Gasteiger partial charge in [-0.3, -0.25) is 9.59 Å². The lowest BCUT2D eigenvalue weighted by atomic mass is 9.73. The van der Waals surface area contributed by atoms with E-state index in [1.54, 1.807) is 0 Å². The fourth-order valence-electron chi connectivity index (χ4n) is 1.98. The van der Waals surface area contributed by atoms with Crippen LogP contribution in [0.15, 0.2) is 0 Å². The Morgan fingerprint density at radius 3 is 2.29 bits per heavy atom. The fraction of sp³-hybridized carbons (Fsp3) is 0.778. The minimum atomic E-state index is -1.08. The summed E-state index contributed by atoms with van der Waals surface area (Å²) in [5.41, 5.74) is 4.17. The third-order valence-electron chi connectivity index (χ3n) is 2.85. The first kappa shape index (κ1) is 11.0. The second-order valence-corrected chi connectivity index (χ2v) is 3.67. The summed E-state index contributed by atoms with van der Waals surface area (Å²) in [4.78, 5) is 22.9. The number of aliphatic hydroxyl groups excluding tert-OH is 1. The summed E-state index contributed by atoms with van der Waals surface area (Å²) in [6.07, 6.45) is 3.69. The van der Waals surface area contributed by atoms with Gasteiger partial charge in [-0.1, -0.05) is 19.3 Å². The zero-order valence-corrected chi connectivity index (χ0v) is 8.08. The maximum atomic E-state index is 11.6. The van der Waals surface area contributed by atoms with Crippen LogP contribution in [0, 0.1) is 5.41 Å². The average Bonchev–Trinajstić information content (AvgIpc) is 2.19. The molecule has 0 unspecified atom stereocenters. The highest BCUT2D eigenvalue weighted by atomic mass is 16.3. The van der Waals surface area contributed by atoms with Crippen LogP contribution in [0.3, 0.4) is 0 Å². The van der Waals surface area contributed by atoms with Gasteiger partial charge in [-0.2, -0.15) is 0 Å². The van der Waals surface area contributed by atoms with Gasteiger partial charge in [0.05, 0.1) is 0 Å². The number of carbonyl (C=O) groups excluding carboxylic acids is 2. The van der Waals surface area contributed by atoms with Crippen LogP contribution >= 0.6 is 0 Å². The van der Waals surface area contributed by atoms with E-state index in [9.17, 15) is 9.59 Å². The van der Waals surface area contributed by atoms with Crippen LogP contribution in [0.1, 0.15) is 32.1 Å². The van der Waals surface area contributed by atoms with E-state index in [0.29, 0.717) is 12.8 Å². The Hall–Kier alpha value is -1.10. The van der Waals surface area contributed by atoms with Crippen molar-refractivity contribution in [2.75, 3.05) is 6.73 Å². The van der Waals surface area contributed by atoms with Crippen LogP contribution in [-0.4, -0.2) is 23.7 Å². The van der Waals surface area contributed by atoms with Crippen molar-refractivity contribution in [3.05, 3.63) is 0 Å². The molecular formula is C9H16N2O3. The molecule has 14 heavy (non-hydrogen) atoms. The molecule has 4 N–H and O–H groups in total. The normalized spacial score (nSPS) is 20.1. The largest absolute Gasteiger partial charge is 0.377 e. The molecule has 0 radical (unpaired) electrons. The van der Waals surface area contributed by atoms with Crippen LogP contribution in [0.2, 0.25) is 0 Å². The highest BCUT2D eigenvalue weighted by molar-refractivity contribution is 6.04. The molecule has 0 spiro atoms. The Morgan fingerprint density at radius 2 is 1.86 bits per heavy atom. The molecule has 1 fully saturated rings. The molecule has 5 nitrogen and oxygen atoms in total. The predicted molar refractivity (Wildman–Crippen MR) is 49.9 cm³/mol. The summed E-state index contributed by atoms with van der Waals surface area (Å²) in [6, 6.07) is 0. The van der Waals surface area contributed by atoms with Crippen molar-refractivity contribution in [3.63, 3.8) is 0 Å². The Labute approximate surface area is 82.7 Å². The van der Waals surface area contributed by atoms with Gasteiger partial charge in [0.25, 0.3) is 0 Å². The average molecular weight is 200 g/mol. The monoisotopic (exact) mass is 200 g/mol. The number of hydrogen-bond acceptors (Lipinski definition) is 3. The molecule has 0 aliphatic heterocycles. The molecule has 0 saturated heterocycles. The summed E-state index contributed by atoms with van der Waals surface area (Å²) < 4.78 is 0. The first-order chi connectivity index (χ1) is 6.63. The number of aliphatic hydroxyl groups is 1. The molecule has 1 rings (SSSR count). The van der Waals surface area contributed by atoms with Gasteiger partial charge in [-0.25, -0.2) is 0 Å². The fourth-order valence-corrected chi connectivity index (χ4v) is 1.98. The highest BCUT2D eigenvalue weighted by Gasteiger charge is 2.44. The number of carbonyl (C=O) groups is 2. The molecule has 80 valence electrons. The second kappa shape index (κ2) is 4.41. The van der Waals surface area contributed by atoms with Gasteiger partial charge in [-0.15, -0.1) is 0 Å². The lowest BCUT2D eigenvalue weighted by molar-refractivity contribution is -0.144. The standard InChI is InChI=1S/C9H16N2O3/c10-7(13)9(8(14)11-6-12)4-2-1-3-5-9/h12H,1-6H2,(H2,10,13)(H,11,14). The molecule has 0 bridgehead atoms. The first-order valence-corrected chi connectivity index (χ1v) is 4.82. The molecule has 5 heteroatoms. The number of hydrogen-bond donors (Lipinski definition) is 3. The van der Waals surface area contributed by atoms with E-state index >= 15 is 0 Å². The van der Waals surface area contributed by atoms with Gasteiger partial charge < -0.3 is 16.2 Å². The van der Waals surface area contributed by atoms with Crippen molar-refractivity contribution >= 4 is 11.8 Å². The van der Waals surface area contributed by atoms with Crippen LogP contribution in [-0.2, 0) is 9.59 Å². The number of nitrogens with two attached hydrogens (primary N) is 1. The van der Waals surface area contributed by atoms with Gasteiger partial charge in [0.1, 0.15) is 12.1 Å². The Balaban J connectivity index is 2.80. The molecule has 1 saturated carbocycles. The van der Waals surface area contributed by atoms with Crippen molar-refractivity contribution in [2.24, 2.45) is 11.1 Å². The second-order valence-electron chi connectivity index (χ2n) is 3.67. The summed E-state index contributed by atoms with van der Waals surface area (Å²) in [7, 11) is 0. The van der Waals surface area contributed by atoms with Crippen molar-refractivity contribution in [1.29, 1.82) is 0 Å². The molecule has 1 aliphatic carbocycles. The minimum absolute atomic E-state index is 0.438. The minimum Gasteiger partial charge on any atom is -0.377 e. The van der Waals surface area contributed by atoms with E-state index < -0.39 is 24.0 Å². The molecule has 0 atom stereocenters. The van der Waals surface area contributed by atoms with Gasteiger partial charge in [0.2, 0.25) is 11.8 Å². The van der Waals surface area contributed by atoms with Crippen LogP contribution in [0.25, 0.3) is 0 Å². The maximum Gasteiger partial charge on any atom is 0.237 e. The number of amides is 2. The van der Waals surface area contributed by atoms with E-state index in [4.69, 9.17) is 10.8 Å². The van der Waals surface area contributed by atoms with Crippen LogP contribution < -0.4 is 11.1 Å². The van der Waals surface area contributed by atoms with E-state index in [0.717, 1.165) is 19.3 Å². The Kier molecular flexibility index (Phi) is 3.46. The summed E-state index contributed by atoms with van der Waals surface area (Å²) in [6.45, 7) is -0.451. The number of primary amides is 1. The van der Waals surface area contributed by atoms with E-state index in [1.165, 1.54) is 0 Å². The van der Waals surface area contributed by atoms with E-state index in [2.05, 4.69) is 5.32 Å². The van der Waals surface area contributed by atoms with Crippen LogP contribution in [0.5, 0.6) is 0 Å². The molecule has 0 aromatic carbocycles. The summed E-state index contributed by atoms with van der Waals surface area (Å²) in [5.74, 6) is -1.02. The molecular weight excluding hydrogens is 184 g/mol. The van der Waals surface area contributed by atoms with Crippen LogP contribution in [0.4, 0.5) is 0 Å². The number of rotatable bonds is 3. The van der Waals surface area contributed by atoms with Crippen molar-refractivity contribution in [3.8, 4) is 0 Å². The highest BCUT2D eigenvalue weighted by Crippen LogP contribution is 2.36. The zero-order valence-electron chi connectivity index (χ0n) is 8.08. The van der Waals surface area contributed by atoms with Crippen molar-refractivity contribution < 1.29 is 14.7 Å². The molecule has 2 amide bonds. The van der Waals surface area contributed by atoms with E-state index in [1.807, 2.05) is 0 Å². The molecule has 0 heterocycles. The third kappa shape index (κ3) is 1.87. The van der Waals surface area contributed by atoms with Crippen molar-refractivity contribution in [2.45, 2.75) is 32.1 Å². The lowest BCUT2D eigenvalue weighted by Gasteiger charge is -2.32. The topological polar surface area (TPSA) is 92.4 Å². The van der Waals surface area contributed by atoms with Gasteiger partial charge in [0, 0.05) is 0 Å². The van der Waals surface area contributed by atoms with Crippen molar-refractivity contribution in [1.82, 2.24) is 5.32 Å². The number of nitrogens with one attached hydrogen (secondary N) is 1. The Morgan fingerprint density at radius 1 is 1.29 bits per heavy atom. The molecule has 0 aromatic heterocycles. The summed E-state index contributed by atoms with van der Waals surface area (Å²) in [5, 5.41) is 10.8. The van der Waals surface area contributed by atoms with Gasteiger partial charge in [0.15, 0.2) is 0 Å². The Bertz CT molecular complexity index is 234. The van der Waals surface area contributed by atoms with Gasteiger partial charge >= 0.3 is 0 Å². The maximum absolute atomic E-state index is 11.6. The summed E-state index contributed by atoms with van der Waals surface area (Å²) >= 11 is 0. The quantitative estimate of drug-likeness (QED) is 0.423. The first-order valence-electron chi connectivity index (χ1n) is 4.82. The smallest absolute Gasteiger partial charge is 0.237 e.